The van der Waals surface area contributed by atoms with Crippen molar-refractivity contribution in [1.29, 1.82) is 0 Å². The third kappa shape index (κ3) is 4.87. The Morgan fingerprint density at radius 1 is 1.12 bits per heavy atom. The van der Waals surface area contributed by atoms with Crippen LogP contribution in [-0.2, 0) is 14.4 Å². The summed E-state index contributed by atoms with van der Waals surface area (Å²) >= 11 is 0. The number of hydrogen-bond acceptors (Lipinski definition) is 5. The molecule has 0 bridgehead atoms. The monoisotopic (exact) mass is 334 g/mol. The maximum atomic E-state index is 13.6. The molecule has 0 aliphatic carbocycles. The number of hydrogen-bond donors (Lipinski definition) is 4. The zero-order valence-electron chi connectivity index (χ0n) is 12.7. The molecule has 2 rings (SSSR count). The maximum absolute atomic E-state index is 13.6. The second-order valence-corrected chi connectivity index (χ2v) is 4.72. The highest BCUT2D eigenvalue weighted by Crippen LogP contribution is 2.19. The van der Waals surface area contributed by atoms with Crippen LogP contribution in [0.15, 0.2) is 24.3 Å². The molecule has 1 aromatic carbocycles. The van der Waals surface area contributed by atoms with Gasteiger partial charge in [0, 0.05) is 6.92 Å². The van der Waals surface area contributed by atoms with Gasteiger partial charge in [0.05, 0.1) is 18.7 Å². The number of nitrogens with one attached hydrogen (secondary N) is 4. The van der Waals surface area contributed by atoms with Crippen molar-refractivity contribution in [3.05, 3.63) is 30.1 Å². The highest BCUT2D eigenvalue weighted by Gasteiger charge is 2.12. The molecule has 9 nitrogen and oxygen atoms in total. The molecule has 0 radical (unpaired) electrons. The van der Waals surface area contributed by atoms with E-state index in [1.54, 1.807) is 12.1 Å². The van der Waals surface area contributed by atoms with Crippen LogP contribution in [0.2, 0.25) is 0 Å². The van der Waals surface area contributed by atoms with Crippen molar-refractivity contribution in [3.63, 3.8) is 0 Å². The molecule has 0 fully saturated rings. The molecule has 3 amide bonds. The van der Waals surface area contributed by atoms with E-state index in [1.807, 2.05) is 0 Å². The van der Waals surface area contributed by atoms with Gasteiger partial charge in [-0.3, -0.25) is 24.8 Å². The normalized spacial score (nSPS) is 10.1. The fraction of sp³-hybridized carbons (Fsp3) is 0.214. The van der Waals surface area contributed by atoms with E-state index in [0.29, 0.717) is 0 Å². The van der Waals surface area contributed by atoms with Gasteiger partial charge in [0.25, 0.3) is 0 Å². The summed E-state index contributed by atoms with van der Waals surface area (Å²) in [5, 5.41) is 13.2. The quantitative estimate of drug-likeness (QED) is 0.581. The number of nitrogens with zero attached hydrogens (tertiary/aromatic N) is 2. The van der Waals surface area contributed by atoms with Gasteiger partial charge in [-0.15, -0.1) is 5.10 Å². The van der Waals surface area contributed by atoms with Crippen LogP contribution in [0.4, 0.5) is 10.3 Å². The van der Waals surface area contributed by atoms with Gasteiger partial charge in [0.2, 0.25) is 23.7 Å². The molecule has 0 atom stereocenters. The fourth-order valence-electron chi connectivity index (χ4n) is 1.71. The van der Waals surface area contributed by atoms with Gasteiger partial charge in [0.1, 0.15) is 5.82 Å². The lowest BCUT2D eigenvalue weighted by Gasteiger charge is -2.04. The van der Waals surface area contributed by atoms with Gasteiger partial charge < -0.3 is 10.6 Å². The van der Waals surface area contributed by atoms with Crippen molar-refractivity contribution in [3.8, 4) is 11.4 Å². The summed E-state index contributed by atoms with van der Waals surface area (Å²) in [5.41, 5.74) is 0.217. The number of aromatic nitrogens is 3. The van der Waals surface area contributed by atoms with Crippen molar-refractivity contribution < 1.29 is 18.8 Å². The number of amides is 3. The molecule has 4 N–H and O–H groups in total. The number of benzene rings is 1. The minimum atomic E-state index is -0.565. The predicted octanol–water partition coefficient (Wildman–Crippen LogP) is -0.198. The zero-order chi connectivity index (χ0) is 17.5. The van der Waals surface area contributed by atoms with Crippen molar-refractivity contribution in [2.45, 2.75) is 6.92 Å². The Bertz CT molecular complexity index is 760. The molecular formula is C14H15FN6O3. The Kier molecular flexibility index (Phi) is 5.55. The summed E-state index contributed by atoms with van der Waals surface area (Å²) in [4.78, 5) is 37.6. The summed E-state index contributed by atoms with van der Waals surface area (Å²) in [6.45, 7) is 0.735. The van der Waals surface area contributed by atoms with Gasteiger partial charge in [0.15, 0.2) is 5.82 Å². The molecule has 126 valence electrons. The lowest BCUT2D eigenvalue weighted by atomic mass is 10.2. The first-order valence-corrected chi connectivity index (χ1v) is 6.94. The number of rotatable bonds is 6. The van der Waals surface area contributed by atoms with Gasteiger partial charge in [-0.2, -0.15) is 4.98 Å². The molecule has 0 saturated carbocycles. The maximum Gasteiger partial charge on any atom is 0.249 e. The fourth-order valence-corrected chi connectivity index (χ4v) is 1.71. The third-order valence-corrected chi connectivity index (χ3v) is 2.81. The van der Waals surface area contributed by atoms with Gasteiger partial charge >= 0.3 is 0 Å². The minimum absolute atomic E-state index is 0.0469. The number of carbonyl (C=O) groups is 3. The van der Waals surface area contributed by atoms with Crippen molar-refractivity contribution in [2.24, 2.45) is 0 Å². The van der Waals surface area contributed by atoms with Gasteiger partial charge in [-0.1, -0.05) is 12.1 Å². The van der Waals surface area contributed by atoms with Crippen LogP contribution in [0, 0.1) is 5.82 Å². The Hall–Kier alpha value is -3.30. The van der Waals surface area contributed by atoms with E-state index in [4.69, 9.17) is 0 Å². The van der Waals surface area contributed by atoms with E-state index >= 15 is 0 Å². The standard InChI is InChI=1S/C14H15FN6O3/c1-8(22)16-6-11(23)17-7-12(24)18-14-19-13(20-21-14)9-4-2-3-5-10(9)15/h2-5H,6-7H2,1H3,(H,16,22)(H,17,23)(H2,18,19,20,21,24). The first-order chi connectivity index (χ1) is 11.5. The van der Waals surface area contributed by atoms with Crippen LogP contribution in [0.25, 0.3) is 11.4 Å². The van der Waals surface area contributed by atoms with E-state index < -0.39 is 17.6 Å². The van der Waals surface area contributed by atoms with Crippen LogP contribution in [0.3, 0.4) is 0 Å². The Morgan fingerprint density at radius 2 is 1.83 bits per heavy atom. The highest BCUT2D eigenvalue weighted by molar-refractivity contribution is 5.94. The summed E-state index contributed by atoms with van der Waals surface area (Å²) in [6, 6.07) is 5.98. The Labute approximate surface area is 136 Å². The molecule has 0 aliphatic heterocycles. The van der Waals surface area contributed by atoms with E-state index in [-0.39, 0.29) is 36.3 Å². The summed E-state index contributed by atoms with van der Waals surface area (Å²) < 4.78 is 13.6. The number of H-pyrrole nitrogens is 1. The number of carbonyl (C=O) groups excluding carboxylic acids is 3. The van der Waals surface area contributed by atoms with Gasteiger partial charge in [-0.05, 0) is 12.1 Å². The van der Waals surface area contributed by atoms with Crippen LogP contribution >= 0.6 is 0 Å². The molecule has 0 spiro atoms. The number of aromatic amines is 1. The topological polar surface area (TPSA) is 129 Å². The zero-order valence-corrected chi connectivity index (χ0v) is 12.7. The van der Waals surface area contributed by atoms with Crippen molar-refractivity contribution in [2.75, 3.05) is 18.4 Å². The Morgan fingerprint density at radius 3 is 2.54 bits per heavy atom. The van der Waals surface area contributed by atoms with E-state index in [1.165, 1.54) is 19.1 Å². The third-order valence-electron chi connectivity index (χ3n) is 2.81. The second-order valence-electron chi connectivity index (χ2n) is 4.72. The lowest BCUT2D eigenvalue weighted by molar-refractivity contribution is -0.126. The molecule has 1 heterocycles. The number of anilines is 1. The molecular weight excluding hydrogens is 319 g/mol. The second kappa shape index (κ2) is 7.81. The summed E-state index contributed by atoms with van der Waals surface area (Å²) in [7, 11) is 0. The molecule has 10 heteroatoms. The SMILES string of the molecule is CC(=O)NCC(=O)NCC(=O)Nc1n[nH]c(-c2ccccc2F)n1. The highest BCUT2D eigenvalue weighted by atomic mass is 19.1. The average Bonchev–Trinajstić information content (AvgIpc) is 2.99. The molecule has 2 aromatic rings. The molecule has 0 unspecified atom stereocenters. The van der Waals surface area contributed by atoms with Gasteiger partial charge in [-0.25, -0.2) is 4.39 Å². The Balaban J connectivity index is 1.86. The van der Waals surface area contributed by atoms with Crippen LogP contribution in [-0.4, -0.2) is 46.0 Å². The first kappa shape index (κ1) is 17.1. The van der Waals surface area contributed by atoms with Crippen molar-refractivity contribution >= 4 is 23.7 Å². The van der Waals surface area contributed by atoms with Crippen molar-refractivity contribution in [1.82, 2.24) is 25.8 Å². The largest absolute Gasteiger partial charge is 0.347 e. The molecule has 1 aromatic heterocycles. The predicted molar refractivity (Wildman–Crippen MR) is 82.1 cm³/mol. The molecule has 0 aliphatic rings. The average molecular weight is 334 g/mol. The summed E-state index contributed by atoms with van der Waals surface area (Å²) in [6.07, 6.45) is 0. The minimum Gasteiger partial charge on any atom is -0.347 e. The molecule has 24 heavy (non-hydrogen) atoms. The first-order valence-electron chi connectivity index (χ1n) is 6.94. The van der Waals surface area contributed by atoms with Crippen LogP contribution in [0.1, 0.15) is 6.92 Å². The van der Waals surface area contributed by atoms with E-state index in [2.05, 4.69) is 31.1 Å². The van der Waals surface area contributed by atoms with E-state index in [9.17, 15) is 18.8 Å². The molecule has 0 saturated heterocycles. The summed E-state index contributed by atoms with van der Waals surface area (Å²) in [5.74, 6) is -1.78. The van der Waals surface area contributed by atoms with E-state index in [0.717, 1.165) is 0 Å². The van der Waals surface area contributed by atoms with Crippen LogP contribution in [0.5, 0.6) is 0 Å². The smallest absolute Gasteiger partial charge is 0.249 e. The van der Waals surface area contributed by atoms with Crippen LogP contribution < -0.4 is 16.0 Å². The number of halogens is 1. The lowest BCUT2D eigenvalue weighted by Crippen LogP contribution is -2.39.